The van der Waals surface area contributed by atoms with Crippen molar-refractivity contribution in [2.75, 3.05) is 26.2 Å². The van der Waals surface area contributed by atoms with Crippen molar-refractivity contribution < 1.29 is 4.79 Å². The third-order valence-electron chi connectivity index (χ3n) is 2.77. The molecule has 4 nitrogen and oxygen atoms in total. The smallest absolute Gasteiger partial charge is 0.226 e. The molecule has 0 saturated carbocycles. The molecule has 1 amide bonds. The average Bonchev–Trinajstić information content (AvgIpc) is 2.37. The van der Waals surface area contributed by atoms with E-state index < -0.39 is 0 Å². The molecule has 1 aromatic heterocycles. The normalized spacial score (nSPS) is 10.7. The van der Waals surface area contributed by atoms with E-state index >= 15 is 0 Å². The Morgan fingerprint density at radius 2 is 2.11 bits per heavy atom. The molecule has 1 aromatic rings. The number of carbonyl (C=O) groups excluding carboxylic acids is 1. The summed E-state index contributed by atoms with van der Waals surface area (Å²) in [5, 5.41) is 2.91. The topological polar surface area (TPSA) is 45.2 Å². The van der Waals surface area contributed by atoms with Crippen LogP contribution in [0.1, 0.15) is 19.5 Å². The van der Waals surface area contributed by atoms with Crippen molar-refractivity contribution in [2.45, 2.75) is 20.3 Å². The number of hydrogen-bond donors (Lipinski definition) is 1. The molecular weight excluding hydrogens is 294 g/mol. The molecule has 0 atom stereocenters. The molecule has 0 aliphatic heterocycles. The lowest BCUT2D eigenvalue weighted by molar-refractivity contribution is -0.120. The maximum Gasteiger partial charge on any atom is 0.226 e. The molecule has 1 heterocycles. The Morgan fingerprint density at radius 1 is 1.39 bits per heavy atom. The van der Waals surface area contributed by atoms with Gasteiger partial charge in [-0.25, -0.2) is 0 Å². The summed E-state index contributed by atoms with van der Waals surface area (Å²) in [5.41, 5.74) is 0.790. The maximum atomic E-state index is 11.7. The van der Waals surface area contributed by atoms with E-state index in [0.29, 0.717) is 13.0 Å². The average molecular weight is 314 g/mol. The van der Waals surface area contributed by atoms with Crippen molar-refractivity contribution in [1.29, 1.82) is 0 Å². The molecule has 0 unspecified atom stereocenters. The zero-order chi connectivity index (χ0) is 13.4. The van der Waals surface area contributed by atoms with Crippen molar-refractivity contribution in [3.05, 3.63) is 28.5 Å². The van der Waals surface area contributed by atoms with E-state index in [1.807, 2.05) is 12.1 Å². The number of carbonyl (C=O) groups is 1. The van der Waals surface area contributed by atoms with E-state index in [2.05, 4.69) is 45.0 Å². The summed E-state index contributed by atoms with van der Waals surface area (Å²) in [5.74, 6) is 0.0250. The van der Waals surface area contributed by atoms with Crippen LogP contribution in [0.2, 0.25) is 0 Å². The highest BCUT2D eigenvalue weighted by atomic mass is 79.9. The molecule has 0 bridgehead atoms. The summed E-state index contributed by atoms with van der Waals surface area (Å²) < 4.78 is 0.924. The molecule has 100 valence electrons. The van der Waals surface area contributed by atoms with Gasteiger partial charge in [-0.15, -0.1) is 0 Å². The van der Waals surface area contributed by atoms with Crippen LogP contribution in [0.25, 0.3) is 0 Å². The van der Waals surface area contributed by atoms with E-state index in [9.17, 15) is 4.79 Å². The van der Waals surface area contributed by atoms with E-state index in [4.69, 9.17) is 0 Å². The van der Waals surface area contributed by atoms with Crippen LogP contribution in [-0.4, -0.2) is 42.0 Å². The van der Waals surface area contributed by atoms with Gasteiger partial charge in [0, 0.05) is 29.5 Å². The van der Waals surface area contributed by atoms with Crippen LogP contribution in [-0.2, 0) is 11.2 Å². The minimum Gasteiger partial charge on any atom is -0.354 e. The minimum absolute atomic E-state index is 0.0250. The SMILES string of the molecule is CCN(CC)CCNC(=O)Cc1ccc(Br)cn1. The van der Waals surface area contributed by atoms with E-state index in [1.165, 1.54) is 0 Å². The van der Waals surface area contributed by atoms with Gasteiger partial charge in [0.2, 0.25) is 5.91 Å². The summed E-state index contributed by atoms with van der Waals surface area (Å²) in [6.45, 7) is 7.86. The molecule has 0 aliphatic rings. The van der Waals surface area contributed by atoms with Gasteiger partial charge in [-0.3, -0.25) is 9.78 Å². The molecule has 0 radical (unpaired) electrons. The molecule has 18 heavy (non-hydrogen) atoms. The Morgan fingerprint density at radius 3 is 2.67 bits per heavy atom. The van der Waals surface area contributed by atoms with Gasteiger partial charge < -0.3 is 10.2 Å². The summed E-state index contributed by atoms with van der Waals surface area (Å²) >= 11 is 3.32. The molecule has 1 N–H and O–H groups in total. The van der Waals surface area contributed by atoms with Crippen LogP contribution in [0.4, 0.5) is 0 Å². The van der Waals surface area contributed by atoms with Crippen molar-refractivity contribution in [1.82, 2.24) is 15.2 Å². The molecule has 0 aromatic carbocycles. The number of rotatable bonds is 7. The Labute approximate surface area is 117 Å². The van der Waals surface area contributed by atoms with Crippen LogP contribution in [0.15, 0.2) is 22.8 Å². The molecular formula is C13H20BrN3O. The molecule has 1 rings (SSSR count). The van der Waals surface area contributed by atoms with Crippen LogP contribution in [0.3, 0.4) is 0 Å². The summed E-state index contributed by atoms with van der Waals surface area (Å²) in [4.78, 5) is 18.1. The standard InChI is InChI=1S/C13H20BrN3O/c1-3-17(4-2)8-7-15-13(18)9-12-6-5-11(14)10-16-12/h5-6,10H,3-4,7-9H2,1-2H3,(H,15,18). The summed E-state index contributed by atoms with van der Waals surface area (Å²) in [6.07, 6.45) is 2.05. The Kier molecular flexibility index (Phi) is 6.90. The van der Waals surface area contributed by atoms with Crippen molar-refractivity contribution in [3.63, 3.8) is 0 Å². The first-order valence-corrected chi connectivity index (χ1v) is 7.04. The molecule has 5 heteroatoms. The first kappa shape index (κ1) is 15.1. The Hall–Kier alpha value is -0.940. The van der Waals surface area contributed by atoms with Gasteiger partial charge in [-0.2, -0.15) is 0 Å². The number of amides is 1. The maximum absolute atomic E-state index is 11.7. The lowest BCUT2D eigenvalue weighted by atomic mass is 10.2. The van der Waals surface area contributed by atoms with E-state index in [-0.39, 0.29) is 5.91 Å². The predicted molar refractivity (Wildman–Crippen MR) is 76.4 cm³/mol. The fraction of sp³-hybridized carbons (Fsp3) is 0.538. The van der Waals surface area contributed by atoms with Gasteiger partial charge in [0.15, 0.2) is 0 Å². The summed E-state index contributed by atoms with van der Waals surface area (Å²) in [6, 6.07) is 3.75. The van der Waals surface area contributed by atoms with Crippen LogP contribution in [0.5, 0.6) is 0 Å². The van der Waals surface area contributed by atoms with E-state index in [1.54, 1.807) is 6.20 Å². The molecule has 0 fully saturated rings. The second-order valence-corrected chi connectivity index (χ2v) is 4.94. The lowest BCUT2D eigenvalue weighted by Gasteiger charge is -2.17. The number of pyridine rings is 1. The minimum atomic E-state index is 0.0250. The van der Waals surface area contributed by atoms with Gasteiger partial charge in [0.05, 0.1) is 6.42 Å². The van der Waals surface area contributed by atoms with Gasteiger partial charge in [-0.05, 0) is 41.2 Å². The molecule has 0 aliphatic carbocycles. The van der Waals surface area contributed by atoms with Crippen LogP contribution in [0, 0.1) is 0 Å². The van der Waals surface area contributed by atoms with E-state index in [0.717, 1.165) is 29.8 Å². The zero-order valence-electron chi connectivity index (χ0n) is 10.9. The third-order valence-corrected chi connectivity index (χ3v) is 3.24. The number of halogens is 1. The highest BCUT2D eigenvalue weighted by molar-refractivity contribution is 9.10. The highest BCUT2D eigenvalue weighted by Gasteiger charge is 2.05. The second-order valence-electron chi connectivity index (χ2n) is 4.02. The van der Waals surface area contributed by atoms with Crippen molar-refractivity contribution >= 4 is 21.8 Å². The molecule has 0 spiro atoms. The van der Waals surface area contributed by atoms with Crippen LogP contribution >= 0.6 is 15.9 Å². The van der Waals surface area contributed by atoms with Crippen molar-refractivity contribution in [2.24, 2.45) is 0 Å². The van der Waals surface area contributed by atoms with Gasteiger partial charge in [0.1, 0.15) is 0 Å². The fourth-order valence-electron chi connectivity index (χ4n) is 1.63. The first-order chi connectivity index (χ1) is 8.65. The van der Waals surface area contributed by atoms with Gasteiger partial charge >= 0.3 is 0 Å². The number of likely N-dealkylation sites (N-methyl/N-ethyl adjacent to an activating group) is 1. The van der Waals surface area contributed by atoms with Crippen molar-refractivity contribution in [3.8, 4) is 0 Å². The second kappa shape index (κ2) is 8.21. The van der Waals surface area contributed by atoms with Gasteiger partial charge in [-0.1, -0.05) is 13.8 Å². The largest absolute Gasteiger partial charge is 0.354 e. The monoisotopic (exact) mass is 313 g/mol. The molecule has 0 saturated heterocycles. The number of nitrogens with zero attached hydrogens (tertiary/aromatic N) is 2. The van der Waals surface area contributed by atoms with Crippen LogP contribution < -0.4 is 5.32 Å². The first-order valence-electron chi connectivity index (χ1n) is 6.25. The van der Waals surface area contributed by atoms with Gasteiger partial charge in [0.25, 0.3) is 0 Å². The number of hydrogen-bond acceptors (Lipinski definition) is 3. The number of aromatic nitrogens is 1. The third kappa shape index (κ3) is 5.60. The Balaban J connectivity index is 2.27. The summed E-state index contributed by atoms with van der Waals surface area (Å²) in [7, 11) is 0. The quantitative estimate of drug-likeness (QED) is 0.835. The predicted octanol–water partition coefficient (Wildman–Crippen LogP) is 1.84. The lowest BCUT2D eigenvalue weighted by Crippen LogP contribution is -2.35. The zero-order valence-corrected chi connectivity index (χ0v) is 12.5. The fourth-order valence-corrected chi connectivity index (χ4v) is 1.87. The highest BCUT2D eigenvalue weighted by Crippen LogP contribution is 2.07. The number of nitrogens with one attached hydrogen (secondary N) is 1. The Bertz CT molecular complexity index is 363.